The standard InChI is InChI=1S/C16H23NO3/c1-11-4-5-12(6-15(11)19-3)16(18)7-13-9-20-10-14(8-16)17(13)2/h4-6,13-14,18H,7-10H2,1-3H3. The van der Waals surface area contributed by atoms with Gasteiger partial charge in [-0.2, -0.15) is 0 Å². The zero-order chi connectivity index (χ0) is 14.3. The SMILES string of the molecule is COc1cc(C2(O)CC3COCC(C2)N3C)ccc1C. The molecule has 2 saturated heterocycles. The predicted molar refractivity (Wildman–Crippen MR) is 77.0 cm³/mol. The minimum atomic E-state index is -0.771. The summed E-state index contributed by atoms with van der Waals surface area (Å²) in [6.07, 6.45) is 1.43. The fourth-order valence-corrected chi connectivity index (χ4v) is 3.49. The summed E-state index contributed by atoms with van der Waals surface area (Å²) in [6, 6.07) is 6.62. The summed E-state index contributed by atoms with van der Waals surface area (Å²) < 4.78 is 11.0. The Morgan fingerprint density at radius 3 is 2.55 bits per heavy atom. The molecule has 0 aliphatic carbocycles. The van der Waals surface area contributed by atoms with Gasteiger partial charge in [-0.15, -0.1) is 0 Å². The third-order valence-corrected chi connectivity index (χ3v) is 4.86. The van der Waals surface area contributed by atoms with Crippen molar-refractivity contribution in [1.82, 2.24) is 4.90 Å². The van der Waals surface area contributed by atoms with Crippen molar-refractivity contribution in [2.24, 2.45) is 0 Å². The second-order valence-electron chi connectivity index (χ2n) is 6.13. The van der Waals surface area contributed by atoms with Crippen molar-refractivity contribution in [1.29, 1.82) is 0 Å². The van der Waals surface area contributed by atoms with Crippen LogP contribution in [0.4, 0.5) is 0 Å². The highest BCUT2D eigenvalue weighted by atomic mass is 16.5. The number of nitrogens with zero attached hydrogens (tertiary/aromatic N) is 1. The van der Waals surface area contributed by atoms with Crippen LogP contribution >= 0.6 is 0 Å². The number of rotatable bonds is 2. The third-order valence-electron chi connectivity index (χ3n) is 4.86. The van der Waals surface area contributed by atoms with E-state index in [9.17, 15) is 5.11 Å². The lowest BCUT2D eigenvalue weighted by atomic mass is 9.77. The summed E-state index contributed by atoms with van der Waals surface area (Å²) in [5.74, 6) is 0.844. The first-order valence-corrected chi connectivity index (χ1v) is 7.21. The number of hydrogen-bond donors (Lipinski definition) is 1. The molecule has 4 heteroatoms. The van der Waals surface area contributed by atoms with E-state index < -0.39 is 5.60 Å². The van der Waals surface area contributed by atoms with E-state index in [0.717, 1.165) is 16.9 Å². The molecule has 2 heterocycles. The lowest BCUT2D eigenvalue weighted by Crippen LogP contribution is -2.59. The molecule has 1 N–H and O–H groups in total. The summed E-state index contributed by atoms with van der Waals surface area (Å²) >= 11 is 0. The van der Waals surface area contributed by atoms with E-state index >= 15 is 0 Å². The Hall–Kier alpha value is -1.10. The van der Waals surface area contributed by atoms with Gasteiger partial charge < -0.3 is 14.6 Å². The molecular formula is C16H23NO3. The van der Waals surface area contributed by atoms with Crippen LogP contribution in [0, 0.1) is 6.92 Å². The van der Waals surface area contributed by atoms with Crippen molar-refractivity contribution in [3.63, 3.8) is 0 Å². The molecule has 1 aromatic carbocycles. The van der Waals surface area contributed by atoms with Gasteiger partial charge in [0, 0.05) is 12.1 Å². The molecular weight excluding hydrogens is 254 g/mol. The highest BCUT2D eigenvalue weighted by Gasteiger charge is 2.45. The summed E-state index contributed by atoms with van der Waals surface area (Å²) in [4.78, 5) is 2.35. The first kappa shape index (κ1) is 13.9. The molecule has 3 rings (SSSR count). The summed E-state index contributed by atoms with van der Waals surface area (Å²) in [6.45, 7) is 3.43. The van der Waals surface area contributed by atoms with Crippen molar-refractivity contribution in [2.45, 2.75) is 37.5 Å². The first-order valence-electron chi connectivity index (χ1n) is 7.21. The fourth-order valence-electron chi connectivity index (χ4n) is 3.49. The Morgan fingerprint density at radius 2 is 1.95 bits per heavy atom. The van der Waals surface area contributed by atoms with Gasteiger partial charge in [-0.3, -0.25) is 4.90 Å². The van der Waals surface area contributed by atoms with Gasteiger partial charge in [-0.1, -0.05) is 12.1 Å². The zero-order valence-electron chi connectivity index (χ0n) is 12.4. The number of fused-ring (bicyclic) bond motifs is 2. The lowest BCUT2D eigenvalue weighted by Gasteiger charge is -2.50. The van der Waals surface area contributed by atoms with E-state index in [-0.39, 0.29) is 0 Å². The number of morpholine rings is 1. The third kappa shape index (κ3) is 2.22. The Bertz CT molecular complexity index is 488. The average Bonchev–Trinajstić information content (AvgIpc) is 2.41. The number of likely N-dealkylation sites (N-methyl/N-ethyl adjacent to an activating group) is 1. The van der Waals surface area contributed by atoms with Crippen LogP contribution in [0.1, 0.15) is 24.0 Å². The molecule has 2 aliphatic heterocycles. The number of benzene rings is 1. The lowest BCUT2D eigenvalue weighted by molar-refractivity contribution is -0.137. The van der Waals surface area contributed by atoms with Crippen LogP contribution in [0.15, 0.2) is 18.2 Å². The molecule has 4 nitrogen and oxygen atoms in total. The van der Waals surface area contributed by atoms with Crippen LogP contribution in [-0.4, -0.2) is 49.5 Å². The molecule has 2 aliphatic rings. The quantitative estimate of drug-likeness (QED) is 0.893. The molecule has 2 unspecified atom stereocenters. The predicted octanol–water partition coefficient (Wildman–Crippen LogP) is 1.68. The second kappa shape index (κ2) is 5.02. The molecule has 0 aromatic heterocycles. The molecule has 0 radical (unpaired) electrons. The topological polar surface area (TPSA) is 41.9 Å². The Morgan fingerprint density at radius 1 is 1.30 bits per heavy atom. The van der Waals surface area contributed by atoms with Crippen molar-refractivity contribution >= 4 is 0 Å². The molecule has 0 saturated carbocycles. The van der Waals surface area contributed by atoms with Gasteiger partial charge >= 0.3 is 0 Å². The maximum Gasteiger partial charge on any atom is 0.122 e. The molecule has 0 amide bonds. The number of hydrogen-bond acceptors (Lipinski definition) is 4. The second-order valence-corrected chi connectivity index (χ2v) is 6.13. The minimum absolute atomic E-state index is 0.291. The fraction of sp³-hybridized carbons (Fsp3) is 0.625. The Kier molecular flexibility index (Phi) is 3.48. The van der Waals surface area contributed by atoms with Crippen molar-refractivity contribution in [2.75, 3.05) is 27.4 Å². The Balaban J connectivity index is 1.92. The molecule has 2 fully saturated rings. The van der Waals surface area contributed by atoms with E-state index in [1.807, 2.05) is 25.1 Å². The van der Waals surface area contributed by atoms with Crippen molar-refractivity contribution in [3.8, 4) is 5.75 Å². The van der Waals surface area contributed by atoms with Crippen molar-refractivity contribution in [3.05, 3.63) is 29.3 Å². The van der Waals surface area contributed by atoms with Gasteiger partial charge in [0.2, 0.25) is 0 Å². The summed E-state index contributed by atoms with van der Waals surface area (Å²) in [5, 5.41) is 11.1. The van der Waals surface area contributed by atoms with E-state index in [1.54, 1.807) is 7.11 Å². The van der Waals surface area contributed by atoms with Crippen LogP contribution in [0.3, 0.4) is 0 Å². The van der Waals surface area contributed by atoms with E-state index in [4.69, 9.17) is 9.47 Å². The maximum absolute atomic E-state index is 11.1. The van der Waals surface area contributed by atoms with Gasteiger partial charge in [0.25, 0.3) is 0 Å². The van der Waals surface area contributed by atoms with Crippen LogP contribution in [0.25, 0.3) is 0 Å². The highest BCUT2D eigenvalue weighted by molar-refractivity contribution is 5.39. The van der Waals surface area contributed by atoms with Crippen molar-refractivity contribution < 1.29 is 14.6 Å². The van der Waals surface area contributed by atoms with Crippen LogP contribution in [0.5, 0.6) is 5.75 Å². The van der Waals surface area contributed by atoms with Gasteiger partial charge in [0.05, 0.1) is 25.9 Å². The number of piperidine rings is 1. The highest BCUT2D eigenvalue weighted by Crippen LogP contribution is 2.41. The summed E-state index contributed by atoms with van der Waals surface area (Å²) in [5.41, 5.74) is 1.29. The number of methoxy groups -OCH3 is 1. The molecule has 110 valence electrons. The number of aryl methyl sites for hydroxylation is 1. The maximum atomic E-state index is 11.1. The van der Waals surface area contributed by atoms with Gasteiger partial charge in [-0.05, 0) is 44.0 Å². The van der Waals surface area contributed by atoms with Gasteiger partial charge in [0.1, 0.15) is 5.75 Å². The number of ether oxygens (including phenoxy) is 2. The van der Waals surface area contributed by atoms with E-state index in [0.29, 0.717) is 38.1 Å². The normalized spacial score (nSPS) is 34.0. The molecule has 20 heavy (non-hydrogen) atoms. The van der Waals surface area contributed by atoms with E-state index in [2.05, 4.69) is 11.9 Å². The molecule has 1 aromatic rings. The zero-order valence-corrected chi connectivity index (χ0v) is 12.4. The summed E-state index contributed by atoms with van der Waals surface area (Å²) in [7, 11) is 3.81. The van der Waals surface area contributed by atoms with Gasteiger partial charge in [0.15, 0.2) is 0 Å². The molecule has 2 bridgehead atoms. The minimum Gasteiger partial charge on any atom is -0.496 e. The van der Waals surface area contributed by atoms with Gasteiger partial charge in [-0.25, -0.2) is 0 Å². The average molecular weight is 277 g/mol. The molecule has 0 spiro atoms. The number of aliphatic hydroxyl groups is 1. The largest absolute Gasteiger partial charge is 0.496 e. The first-order chi connectivity index (χ1) is 9.53. The molecule has 2 atom stereocenters. The van der Waals surface area contributed by atoms with Crippen LogP contribution < -0.4 is 4.74 Å². The monoisotopic (exact) mass is 277 g/mol. The van der Waals surface area contributed by atoms with Crippen LogP contribution in [-0.2, 0) is 10.3 Å². The Labute approximate surface area is 120 Å². The van der Waals surface area contributed by atoms with E-state index in [1.165, 1.54) is 0 Å². The smallest absolute Gasteiger partial charge is 0.122 e. The van der Waals surface area contributed by atoms with Crippen LogP contribution in [0.2, 0.25) is 0 Å².